The largest absolute Gasteiger partial charge is 0.343 e. The summed E-state index contributed by atoms with van der Waals surface area (Å²) in [5, 5.41) is 3.95. The zero-order valence-corrected chi connectivity index (χ0v) is 11.7. The molecule has 1 amide bonds. The summed E-state index contributed by atoms with van der Waals surface area (Å²) in [6.07, 6.45) is 9.24. The predicted molar refractivity (Wildman–Crippen MR) is 71.5 cm³/mol. The Bertz CT molecular complexity index is 487. The summed E-state index contributed by atoms with van der Waals surface area (Å²) in [5.41, 5.74) is 0. The molecule has 2 saturated carbocycles. The maximum atomic E-state index is 12.7. The normalized spacial score (nSPS) is 35.9. The van der Waals surface area contributed by atoms with Gasteiger partial charge in [-0.25, -0.2) is 0 Å². The Labute approximate surface area is 118 Å². The summed E-state index contributed by atoms with van der Waals surface area (Å²) in [6.45, 7) is 0.846. The second-order valence-corrected chi connectivity index (χ2v) is 6.59. The van der Waals surface area contributed by atoms with Gasteiger partial charge in [-0.3, -0.25) is 4.79 Å². The standard InChI is InChI=1S/C15H21N3O2/c19-14(8-11-5-4-10-7-12(10)11)18-6-2-1-3-13(18)15-16-9-20-17-15/h9-13H,1-8H2. The van der Waals surface area contributed by atoms with Gasteiger partial charge in [0.05, 0.1) is 6.04 Å². The minimum Gasteiger partial charge on any atom is -0.343 e. The molecule has 1 saturated heterocycles. The second kappa shape index (κ2) is 4.86. The average Bonchev–Trinajstić information content (AvgIpc) is 2.88. The molecule has 4 unspecified atom stereocenters. The van der Waals surface area contributed by atoms with Crippen LogP contribution in [0.3, 0.4) is 0 Å². The van der Waals surface area contributed by atoms with Crippen molar-refractivity contribution in [2.45, 2.75) is 51.0 Å². The molecule has 0 spiro atoms. The predicted octanol–water partition coefficient (Wildman–Crippen LogP) is 2.56. The Balaban J connectivity index is 1.45. The number of piperidine rings is 1. The number of aromatic nitrogens is 2. The van der Waals surface area contributed by atoms with E-state index >= 15 is 0 Å². The minimum atomic E-state index is 0.0337. The van der Waals surface area contributed by atoms with Crippen LogP contribution < -0.4 is 0 Å². The number of rotatable bonds is 3. The van der Waals surface area contributed by atoms with Gasteiger partial charge in [0.15, 0.2) is 5.82 Å². The number of amides is 1. The third-order valence-electron chi connectivity index (χ3n) is 5.43. The fourth-order valence-electron chi connectivity index (χ4n) is 4.24. The highest BCUT2D eigenvalue weighted by atomic mass is 16.5. The molecule has 2 heterocycles. The molecule has 0 N–H and O–H groups in total. The number of carbonyl (C=O) groups is 1. The third-order valence-corrected chi connectivity index (χ3v) is 5.43. The summed E-state index contributed by atoms with van der Waals surface area (Å²) in [4.78, 5) is 18.8. The fourth-order valence-corrected chi connectivity index (χ4v) is 4.24. The van der Waals surface area contributed by atoms with Gasteiger partial charge in [-0.05, 0) is 56.3 Å². The number of carbonyl (C=O) groups excluding carboxylic acids is 1. The van der Waals surface area contributed by atoms with Gasteiger partial charge in [-0.15, -0.1) is 0 Å². The van der Waals surface area contributed by atoms with E-state index in [1.165, 1.54) is 25.7 Å². The lowest BCUT2D eigenvalue weighted by molar-refractivity contribution is -0.136. The van der Waals surface area contributed by atoms with Crippen molar-refractivity contribution >= 4 is 5.91 Å². The molecule has 2 aliphatic carbocycles. The molecule has 0 aromatic carbocycles. The summed E-state index contributed by atoms with van der Waals surface area (Å²) >= 11 is 0. The molecule has 1 aliphatic heterocycles. The van der Waals surface area contributed by atoms with Gasteiger partial charge in [-0.1, -0.05) is 5.16 Å². The van der Waals surface area contributed by atoms with Crippen LogP contribution >= 0.6 is 0 Å². The van der Waals surface area contributed by atoms with E-state index in [4.69, 9.17) is 4.52 Å². The third kappa shape index (κ3) is 2.13. The Morgan fingerprint density at radius 3 is 3.00 bits per heavy atom. The van der Waals surface area contributed by atoms with Gasteiger partial charge in [-0.2, -0.15) is 4.98 Å². The molecule has 5 nitrogen and oxygen atoms in total. The smallest absolute Gasteiger partial charge is 0.223 e. The van der Waals surface area contributed by atoms with Crippen LogP contribution in [0, 0.1) is 17.8 Å². The van der Waals surface area contributed by atoms with E-state index in [1.54, 1.807) is 0 Å². The minimum absolute atomic E-state index is 0.0337. The Morgan fingerprint density at radius 1 is 1.35 bits per heavy atom. The van der Waals surface area contributed by atoms with Crippen molar-refractivity contribution in [2.24, 2.45) is 17.8 Å². The lowest BCUT2D eigenvalue weighted by Crippen LogP contribution is -2.39. The van der Waals surface area contributed by atoms with Gasteiger partial charge < -0.3 is 9.42 Å². The Morgan fingerprint density at radius 2 is 2.30 bits per heavy atom. The van der Waals surface area contributed by atoms with Crippen LogP contribution in [0.15, 0.2) is 10.9 Å². The lowest BCUT2D eigenvalue weighted by Gasteiger charge is -2.34. The zero-order valence-electron chi connectivity index (χ0n) is 11.7. The molecule has 4 atom stereocenters. The zero-order chi connectivity index (χ0) is 13.5. The van der Waals surface area contributed by atoms with Gasteiger partial charge >= 0.3 is 0 Å². The number of hydrogen-bond acceptors (Lipinski definition) is 4. The Hall–Kier alpha value is -1.39. The fraction of sp³-hybridized carbons (Fsp3) is 0.800. The first kappa shape index (κ1) is 12.4. The van der Waals surface area contributed by atoms with Gasteiger partial charge in [0, 0.05) is 13.0 Å². The van der Waals surface area contributed by atoms with E-state index in [2.05, 4.69) is 10.1 Å². The number of fused-ring (bicyclic) bond motifs is 1. The van der Waals surface area contributed by atoms with Gasteiger partial charge in [0.2, 0.25) is 12.3 Å². The van der Waals surface area contributed by atoms with Gasteiger partial charge in [0.25, 0.3) is 0 Å². The highest BCUT2D eigenvalue weighted by molar-refractivity contribution is 5.77. The van der Waals surface area contributed by atoms with Crippen molar-refractivity contribution in [2.75, 3.05) is 6.54 Å². The summed E-state index contributed by atoms with van der Waals surface area (Å²) in [5.74, 6) is 3.42. The first-order valence-electron chi connectivity index (χ1n) is 7.88. The van der Waals surface area contributed by atoms with Crippen LogP contribution in [-0.2, 0) is 4.79 Å². The lowest BCUT2D eigenvalue weighted by atomic mass is 9.96. The van der Waals surface area contributed by atoms with Gasteiger partial charge in [0.1, 0.15) is 0 Å². The molecular weight excluding hydrogens is 254 g/mol. The van der Waals surface area contributed by atoms with Crippen molar-refractivity contribution in [3.05, 3.63) is 12.2 Å². The molecule has 5 heteroatoms. The van der Waals surface area contributed by atoms with Crippen LogP contribution in [0.5, 0.6) is 0 Å². The topological polar surface area (TPSA) is 59.2 Å². The first-order chi connectivity index (χ1) is 9.83. The molecule has 0 bridgehead atoms. The number of nitrogens with zero attached hydrogens (tertiary/aromatic N) is 3. The van der Waals surface area contributed by atoms with Crippen LogP contribution in [0.2, 0.25) is 0 Å². The van der Waals surface area contributed by atoms with Crippen molar-refractivity contribution < 1.29 is 9.32 Å². The van der Waals surface area contributed by atoms with E-state index in [1.807, 2.05) is 4.90 Å². The molecule has 3 fully saturated rings. The molecule has 20 heavy (non-hydrogen) atoms. The van der Waals surface area contributed by atoms with Crippen LogP contribution in [0.4, 0.5) is 0 Å². The maximum absolute atomic E-state index is 12.7. The quantitative estimate of drug-likeness (QED) is 0.850. The van der Waals surface area contributed by atoms with E-state index in [-0.39, 0.29) is 6.04 Å². The monoisotopic (exact) mass is 275 g/mol. The van der Waals surface area contributed by atoms with Crippen LogP contribution in [0.1, 0.15) is 56.8 Å². The summed E-state index contributed by atoms with van der Waals surface area (Å²) < 4.78 is 4.85. The second-order valence-electron chi connectivity index (χ2n) is 6.59. The highest BCUT2D eigenvalue weighted by Gasteiger charge is 2.48. The molecule has 1 aromatic heterocycles. The van der Waals surface area contributed by atoms with Crippen LogP contribution in [-0.4, -0.2) is 27.5 Å². The SMILES string of the molecule is O=C(CC1CCC2CC12)N1CCCCC1c1ncon1. The summed E-state index contributed by atoms with van der Waals surface area (Å²) in [7, 11) is 0. The van der Waals surface area contributed by atoms with E-state index in [0.717, 1.165) is 44.1 Å². The maximum Gasteiger partial charge on any atom is 0.223 e. The highest BCUT2D eigenvalue weighted by Crippen LogP contribution is 2.56. The first-order valence-corrected chi connectivity index (χ1v) is 7.88. The number of hydrogen-bond donors (Lipinski definition) is 0. The van der Waals surface area contributed by atoms with Crippen molar-refractivity contribution in [3.8, 4) is 0 Å². The molecule has 108 valence electrons. The van der Waals surface area contributed by atoms with E-state index in [0.29, 0.717) is 17.6 Å². The molecule has 1 aromatic rings. The summed E-state index contributed by atoms with van der Waals surface area (Å²) in [6, 6.07) is 0.0337. The molecule has 3 aliphatic rings. The van der Waals surface area contributed by atoms with E-state index in [9.17, 15) is 4.79 Å². The Kier molecular flexibility index (Phi) is 3.00. The van der Waals surface area contributed by atoms with E-state index < -0.39 is 0 Å². The number of likely N-dealkylation sites (tertiary alicyclic amines) is 1. The van der Waals surface area contributed by atoms with Crippen LogP contribution in [0.25, 0.3) is 0 Å². The molecular formula is C15H21N3O2. The average molecular weight is 275 g/mol. The van der Waals surface area contributed by atoms with Crippen molar-refractivity contribution in [1.82, 2.24) is 15.0 Å². The molecule has 0 radical (unpaired) electrons. The van der Waals surface area contributed by atoms with Crippen molar-refractivity contribution in [3.63, 3.8) is 0 Å². The molecule has 4 rings (SSSR count). The van der Waals surface area contributed by atoms with Crippen molar-refractivity contribution in [1.29, 1.82) is 0 Å².